The molecule has 0 bridgehead atoms. The second-order valence-corrected chi connectivity index (χ2v) is 10.4. The van der Waals surface area contributed by atoms with Crippen molar-refractivity contribution < 1.29 is 22.7 Å². The van der Waals surface area contributed by atoms with Gasteiger partial charge in [-0.25, -0.2) is 8.42 Å². The van der Waals surface area contributed by atoms with E-state index in [0.29, 0.717) is 38.5 Å². The molecule has 1 unspecified atom stereocenters. The quantitative estimate of drug-likeness (QED) is 0.612. The third-order valence-electron chi connectivity index (χ3n) is 6.37. The number of hydrogen-bond donors (Lipinski definition) is 1. The van der Waals surface area contributed by atoms with Crippen LogP contribution in [0.3, 0.4) is 0 Å². The molecule has 0 aromatic heterocycles. The fourth-order valence-electron chi connectivity index (χ4n) is 4.54. The number of fused-ring (bicyclic) bond motifs is 1. The monoisotopic (exact) mass is 487 g/mol. The molecule has 2 aromatic carbocycles. The minimum atomic E-state index is -3.50. The highest BCUT2D eigenvalue weighted by Gasteiger charge is 2.30. The number of rotatable bonds is 8. The van der Waals surface area contributed by atoms with E-state index >= 15 is 0 Å². The van der Waals surface area contributed by atoms with Crippen LogP contribution in [0.15, 0.2) is 47.4 Å². The number of carbonyl (C=O) groups is 1. The van der Waals surface area contributed by atoms with Gasteiger partial charge in [0.25, 0.3) is 0 Å². The molecule has 1 fully saturated rings. The lowest BCUT2D eigenvalue weighted by Crippen LogP contribution is -2.35. The molecule has 184 valence electrons. The number of benzene rings is 2. The highest BCUT2D eigenvalue weighted by Crippen LogP contribution is 2.38. The zero-order valence-electron chi connectivity index (χ0n) is 19.8. The molecular weight excluding hydrogens is 454 g/mol. The second kappa shape index (κ2) is 10.7. The lowest BCUT2D eigenvalue weighted by molar-refractivity contribution is -0.130. The van der Waals surface area contributed by atoms with Crippen molar-refractivity contribution in [1.29, 1.82) is 0 Å². The van der Waals surface area contributed by atoms with Crippen LogP contribution in [0.4, 0.5) is 5.69 Å². The predicted molar refractivity (Wildman–Crippen MR) is 131 cm³/mol. The maximum absolute atomic E-state index is 13.0. The van der Waals surface area contributed by atoms with Crippen LogP contribution in [-0.4, -0.2) is 62.9 Å². The molecule has 0 saturated carbocycles. The minimum absolute atomic E-state index is 0.00745. The van der Waals surface area contributed by atoms with Crippen LogP contribution in [0, 0.1) is 0 Å². The summed E-state index contributed by atoms with van der Waals surface area (Å²) in [5.74, 6) is 1.51. The van der Waals surface area contributed by atoms with Crippen molar-refractivity contribution in [3.63, 3.8) is 0 Å². The molecule has 2 aromatic rings. The molecular formula is C25H33N3O5S. The number of sulfonamides is 1. The lowest BCUT2D eigenvalue weighted by atomic mass is 10.0. The Balaban J connectivity index is 1.39. The first-order chi connectivity index (χ1) is 16.4. The number of carbonyl (C=O) groups excluding carboxylic acids is 1. The summed E-state index contributed by atoms with van der Waals surface area (Å²) < 4.78 is 38.3. The van der Waals surface area contributed by atoms with Gasteiger partial charge >= 0.3 is 0 Å². The summed E-state index contributed by atoms with van der Waals surface area (Å²) in [6.45, 7) is 6.61. The molecule has 34 heavy (non-hydrogen) atoms. The molecule has 1 saturated heterocycles. The van der Waals surface area contributed by atoms with Crippen molar-refractivity contribution in [2.24, 2.45) is 0 Å². The lowest BCUT2D eigenvalue weighted by Gasteiger charge is -2.26. The van der Waals surface area contributed by atoms with E-state index in [1.165, 1.54) is 4.31 Å². The Labute approximate surface area is 201 Å². The van der Waals surface area contributed by atoms with Gasteiger partial charge in [-0.05, 0) is 54.8 Å². The molecule has 4 rings (SSSR count). The van der Waals surface area contributed by atoms with Gasteiger partial charge in [-0.15, -0.1) is 0 Å². The van der Waals surface area contributed by atoms with Crippen molar-refractivity contribution in [2.45, 2.75) is 44.0 Å². The van der Waals surface area contributed by atoms with Gasteiger partial charge in [-0.1, -0.05) is 19.9 Å². The van der Waals surface area contributed by atoms with Gasteiger partial charge in [-0.2, -0.15) is 4.31 Å². The maximum atomic E-state index is 13.0. The van der Waals surface area contributed by atoms with Crippen LogP contribution in [0.1, 0.15) is 44.7 Å². The van der Waals surface area contributed by atoms with Crippen LogP contribution >= 0.6 is 0 Å². The first-order valence-corrected chi connectivity index (χ1v) is 13.4. The Morgan fingerprint density at radius 3 is 2.44 bits per heavy atom. The van der Waals surface area contributed by atoms with Gasteiger partial charge < -0.3 is 19.7 Å². The fourth-order valence-corrected chi connectivity index (χ4v) is 5.99. The zero-order valence-corrected chi connectivity index (χ0v) is 20.6. The largest absolute Gasteiger partial charge is 0.490 e. The van der Waals surface area contributed by atoms with Crippen molar-refractivity contribution in [3.05, 3.63) is 48.0 Å². The summed E-state index contributed by atoms with van der Waals surface area (Å²) in [6, 6.07) is 12.5. The number of likely N-dealkylation sites (tertiary alicyclic amines) is 1. The van der Waals surface area contributed by atoms with Gasteiger partial charge in [0.05, 0.1) is 30.7 Å². The average Bonchev–Trinajstić information content (AvgIpc) is 3.22. The van der Waals surface area contributed by atoms with Crippen LogP contribution in [0.5, 0.6) is 11.5 Å². The van der Waals surface area contributed by atoms with E-state index < -0.39 is 10.0 Å². The SMILES string of the molecule is CCN(CC)S(=O)(=O)c1ccc(NCC(=O)N2CCCC2c2ccc3c(c2)OCCCO3)cc1. The number of anilines is 1. The Morgan fingerprint density at radius 2 is 1.74 bits per heavy atom. The highest BCUT2D eigenvalue weighted by atomic mass is 32.2. The van der Waals surface area contributed by atoms with Crippen LogP contribution < -0.4 is 14.8 Å². The molecule has 0 spiro atoms. The third-order valence-corrected chi connectivity index (χ3v) is 8.43. The molecule has 1 amide bonds. The number of nitrogens with one attached hydrogen (secondary N) is 1. The van der Waals surface area contributed by atoms with E-state index in [9.17, 15) is 13.2 Å². The van der Waals surface area contributed by atoms with Crippen LogP contribution in [0.25, 0.3) is 0 Å². The van der Waals surface area contributed by atoms with E-state index in [1.54, 1.807) is 24.3 Å². The molecule has 8 nitrogen and oxygen atoms in total. The van der Waals surface area contributed by atoms with Gasteiger partial charge in [0.2, 0.25) is 15.9 Å². The normalized spacial score (nSPS) is 18.1. The van der Waals surface area contributed by atoms with E-state index in [4.69, 9.17) is 9.47 Å². The molecule has 1 atom stereocenters. The van der Waals surface area contributed by atoms with Gasteiger partial charge in [0, 0.05) is 31.7 Å². The van der Waals surface area contributed by atoms with Crippen molar-refractivity contribution in [1.82, 2.24) is 9.21 Å². The Morgan fingerprint density at radius 1 is 1.03 bits per heavy atom. The summed E-state index contributed by atoms with van der Waals surface area (Å²) in [5, 5.41) is 3.14. The third kappa shape index (κ3) is 5.15. The van der Waals surface area contributed by atoms with Crippen LogP contribution in [-0.2, 0) is 14.8 Å². The molecule has 2 aliphatic heterocycles. The molecule has 9 heteroatoms. The van der Waals surface area contributed by atoms with Crippen molar-refractivity contribution in [3.8, 4) is 11.5 Å². The van der Waals surface area contributed by atoms with Crippen molar-refractivity contribution in [2.75, 3.05) is 44.7 Å². The van der Waals surface area contributed by atoms with E-state index in [0.717, 1.165) is 36.3 Å². The van der Waals surface area contributed by atoms with E-state index in [-0.39, 0.29) is 23.4 Å². The summed E-state index contributed by atoms with van der Waals surface area (Å²) >= 11 is 0. The first kappa shape index (κ1) is 24.3. The standard InChI is InChI=1S/C25H33N3O5S/c1-3-27(4-2)34(30,31)21-11-9-20(10-12-21)26-18-25(29)28-14-5-7-22(28)19-8-13-23-24(17-19)33-16-6-15-32-23/h8-13,17,22,26H,3-7,14-16,18H2,1-2H3. The smallest absolute Gasteiger partial charge is 0.243 e. The molecule has 2 heterocycles. The van der Waals surface area contributed by atoms with E-state index in [1.807, 2.05) is 36.9 Å². The first-order valence-electron chi connectivity index (χ1n) is 12.0. The fraction of sp³-hybridized carbons (Fsp3) is 0.480. The summed E-state index contributed by atoms with van der Waals surface area (Å²) in [7, 11) is -3.50. The Kier molecular flexibility index (Phi) is 7.63. The van der Waals surface area contributed by atoms with Gasteiger partial charge in [-0.3, -0.25) is 4.79 Å². The van der Waals surface area contributed by atoms with Gasteiger partial charge in [0.1, 0.15) is 0 Å². The predicted octanol–water partition coefficient (Wildman–Crippen LogP) is 3.65. The number of nitrogens with zero attached hydrogens (tertiary/aromatic N) is 2. The molecule has 0 radical (unpaired) electrons. The number of amides is 1. The maximum Gasteiger partial charge on any atom is 0.243 e. The Hall–Kier alpha value is -2.78. The summed E-state index contributed by atoms with van der Waals surface area (Å²) in [6.07, 6.45) is 2.71. The summed E-state index contributed by atoms with van der Waals surface area (Å²) in [5.41, 5.74) is 1.76. The van der Waals surface area contributed by atoms with E-state index in [2.05, 4.69) is 5.32 Å². The second-order valence-electron chi connectivity index (χ2n) is 8.47. The topological polar surface area (TPSA) is 88.2 Å². The number of hydrogen-bond acceptors (Lipinski definition) is 6. The highest BCUT2D eigenvalue weighted by molar-refractivity contribution is 7.89. The van der Waals surface area contributed by atoms with Crippen molar-refractivity contribution >= 4 is 21.6 Å². The molecule has 2 aliphatic rings. The summed E-state index contributed by atoms with van der Waals surface area (Å²) in [4.78, 5) is 15.2. The average molecular weight is 488 g/mol. The van der Waals surface area contributed by atoms with Crippen LogP contribution in [0.2, 0.25) is 0 Å². The Bertz CT molecular complexity index is 1100. The molecule has 1 N–H and O–H groups in total. The molecule has 0 aliphatic carbocycles. The van der Waals surface area contributed by atoms with Gasteiger partial charge in [0.15, 0.2) is 11.5 Å². The number of ether oxygens (including phenoxy) is 2. The zero-order chi connectivity index (χ0) is 24.1. The minimum Gasteiger partial charge on any atom is -0.490 e.